The number of rotatable bonds is 3. The number of methoxy groups -OCH3 is 1. The van der Waals surface area contributed by atoms with Gasteiger partial charge in [-0.2, -0.15) is 0 Å². The van der Waals surface area contributed by atoms with Gasteiger partial charge >= 0.3 is 0 Å². The van der Waals surface area contributed by atoms with E-state index < -0.39 is 0 Å². The van der Waals surface area contributed by atoms with E-state index in [4.69, 9.17) is 4.74 Å². The van der Waals surface area contributed by atoms with Gasteiger partial charge in [0, 0.05) is 12.3 Å². The molecule has 0 saturated heterocycles. The van der Waals surface area contributed by atoms with Crippen molar-refractivity contribution in [1.29, 1.82) is 0 Å². The van der Waals surface area contributed by atoms with Crippen molar-refractivity contribution in [2.45, 2.75) is 38.1 Å². The summed E-state index contributed by atoms with van der Waals surface area (Å²) >= 11 is 3.49. The van der Waals surface area contributed by atoms with E-state index in [0.29, 0.717) is 6.04 Å². The third-order valence-corrected chi connectivity index (χ3v) is 3.80. The number of hydrogen-bond acceptors (Lipinski definition) is 2. The zero-order valence-electron chi connectivity index (χ0n) is 10.2. The minimum Gasteiger partial charge on any atom is -0.496 e. The molecule has 0 aliphatic heterocycles. The molecule has 0 amide bonds. The van der Waals surface area contributed by atoms with Crippen molar-refractivity contribution in [3.05, 3.63) is 28.2 Å². The molecule has 0 atom stereocenters. The Bertz CT molecular complexity index is 397. The van der Waals surface area contributed by atoms with Gasteiger partial charge in [0.1, 0.15) is 5.75 Å². The molecule has 1 fully saturated rings. The van der Waals surface area contributed by atoms with Crippen LogP contribution in [0, 0.1) is 0 Å². The zero-order valence-corrected chi connectivity index (χ0v) is 11.7. The average molecular weight is 296 g/mol. The number of halogens is 1. The quantitative estimate of drug-likeness (QED) is 0.766. The molecular formula is C14H18BrNO. The lowest BCUT2D eigenvalue weighted by Gasteiger charge is -2.17. The van der Waals surface area contributed by atoms with Gasteiger partial charge in [0.2, 0.25) is 0 Å². The van der Waals surface area contributed by atoms with Gasteiger partial charge < -0.3 is 4.74 Å². The highest BCUT2D eigenvalue weighted by molar-refractivity contribution is 9.10. The van der Waals surface area contributed by atoms with Gasteiger partial charge in [0.05, 0.1) is 11.6 Å². The minimum atomic E-state index is 0.532. The van der Waals surface area contributed by atoms with Crippen molar-refractivity contribution in [3.8, 4) is 5.75 Å². The van der Waals surface area contributed by atoms with Crippen LogP contribution in [0.5, 0.6) is 5.75 Å². The summed E-state index contributed by atoms with van der Waals surface area (Å²) in [5.74, 6) is 0.861. The van der Waals surface area contributed by atoms with E-state index in [1.807, 2.05) is 24.4 Å². The Hall–Kier alpha value is -0.830. The highest BCUT2D eigenvalue weighted by Gasteiger charge is 2.10. The van der Waals surface area contributed by atoms with Crippen LogP contribution in [0.15, 0.2) is 27.7 Å². The van der Waals surface area contributed by atoms with E-state index in [0.717, 1.165) is 15.8 Å². The minimum absolute atomic E-state index is 0.532. The van der Waals surface area contributed by atoms with E-state index >= 15 is 0 Å². The lowest BCUT2D eigenvalue weighted by Crippen LogP contribution is -2.09. The first kappa shape index (κ1) is 12.6. The summed E-state index contributed by atoms with van der Waals surface area (Å²) in [6.45, 7) is 0. The van der Waals surface area contributed by atoms with Crippen LogP contribution in [0.1, 0.15) is 37.7 Å². The predicted octanol–water partition coefficient (Wildman–Crippen LogP) is 4.21. The molecule has 1 aliphatic carbocycles. The van der Waals surface area contributed by atoms with Crippen molar-refractivity contribution in [3.63, 3.8) is 0 Å². The second-order valence-corrected chi connectivity index (χ2v) is 5.32. The Morgan fingerprint density at radius 2 is 2.06 bits per heavy atom. The summed E-state index contributed by atoms with van der Waals surface area (Å²) in [5, 5.41) is 0. The van der Waals surface area contributed by atoms with Gasteiger partial charge in [-0.1, -0.05) is 19.3 Å². The Morgan fingerprint density at radius 1 is 1.29 bits per heavy atom. The average Bonchev–Trinajstić information content (AvgIpc) is 2.38. The van der Waals surface area contributed by atoms with Crippen LogP contribution in [0.25, 0.3) is 0 Å². The van der Waals surface area contributed by atoms with Crippen LogP contribution in [-0.4, -0.2) is 19.4 Å². The first-order valence-electron chi connectivity index (χ1n) is 6.16. The molecule has 1 aromatic carbocycles. The highest BCUT2D eigenvalue weighted by atomic mass is 79.9. The van der Waals surface area contributed by atoms with Crippen LogP contribution >= 0.6 is 15.9 Å². The van der Waals surface area contributed by atoms with Crippen LogP contribution in [0.4, 0.5) is 0 Å². The van der Waals surface area contributed by atoms with Crippen molar-refractivity contribution in [1.82, 2.24) is 0 Å². The molecule has 0 spiro atoms. The topological polar surface area (TPSA) is 21.6 Å². The molecule has 0 radical (unpaired) electrons. The number of hydrogen-bond donors (Lipinski definition) is 0. The fraction of sp³-hybridized carbons (Fsp3) is 0.500. The van der Waals surface area contributed by atoms with Crippen molar-refractivity contribution >= 4 is 22.1 Å². The Morgan fingerprint density at radius 3 is 2.71 bits per heavy atom. The molecule has 2 rings (SSSR count). The second kappa shape index (κ2) is 6.20. The molecule has 92 valence electrons. The summed E-state index contributed by atoms with van der Waals surface area (Å²) in [5.41, 5.74) is 1.13. The molecule has 2 nitrogen and oxygen atoms in total. The van der Waals surface area contributed by atoms with E-state index in [1.54, 1.807) is 7.11 Å². The monoisotopic (exact) mass is 295 g/mol. The lowest BCUT2D eigenvalue weighted by atomic mass is 9.96. The number of benzene rings is 1. The summed E-state index contributed by atoms with van der Waals surface area (Å²) in [6.07, 6.45) is 8.50. The van der Waals surface area contributed by atoms with E-state index in [9.17, 15) is 0 Å². The molecule has 0 unspecified atom stereocenters. The second-order valence-electron chi connectivity index (χ2n) is 4.46. The normalized spacial score (nSPS) is 17.5. The van der Waals surface area contributed by atoms with Crippen molar-refractivity contribution in [2.75, 3.05) is 7.11 Å². The van der Waals surface area contributed by atoms with E-state index in [2.05, 4.69) is 20.9 Å². The number of aliphatic imine (C=N–C) groups is 1. The lowest BCUT2D eigenvalue weighted by molar-refractivity contribution is 0.412. The maximum absolute atomic E-state index is 5.20. The smallest absolute Gasteiger partial charge is 0.133 e. The molecule has 3 heteroatoms. The van der Waals surface area contributed by atoms with Crippen LogP contribution in [0.2, 0.25) is 0 Å². The molecule has 0 heterocycles. The van der Waals surface area contributed by atoms with Gasteiger partial charge in [0.15, 0.2) is 0 Å². The van der Waals surface area contributed by atoms with Crippen molar-refractivity contribution < 1.29 is 4.74 Å². The van der Waals surface area contributed by atoms with Crippen LogP contribution < -0.4 is 4.74 Å². The summed E-state index contributed by atoms with van der Waals surface area (Å²) in [6, 6.07) is 6.58. The first-order valence-corrected chi connectivity index (χ1v) is 6.95. The van der Waals surface area contributed by atoms with Gasteiger partial charge in [-0.25, -0.2) is 0 Å². The predicted molar refractivity (Wildman–Crippen MR) is 75.2 cm³/mol. The number of ether oxygens (including phenoxy) is 1. The van der Waals surface area contributed by atoms with Gasteiger partial charge in [-0.3, -0.25) is 4.99 Å². The summed E-state index contributed by atoms with van der Waals surface area (Å²) < 4.78 is 6.18. The molecule has 1 aromatic rings. The van der Waals surface area contributed by atoms with Crippen molar-refractivity contribution in [2.24, 2.45) is 4.99 Å². The molecule has 1 saturated carbocycles. The largest absolute Gasteiger partial charge is 0.496 e. The van der Waals surface area contributed by atoms with Crippen LogP contribution in [-0.2, 0) is 0 Å². The SMILES string of the molecule is COc1ccc(C=NC2CCCCC2)cc1Br. The molecule has 0 aromatic heterocycles. The van der Waals surface area contributed by atoms with Gasteiger partial charge in [-0.15, -0.1) is 0 Å². The maximum Gasteiger partial charge on any atom is 0.133 e. The van der Waals surface area contributed by atoms with Crippen LogP contribution in [0.3, 0.4) is 0 Å². The fourth-order valence-electron chi connectivity index (χ4n) is 2.18. The Labute approximate surface area is 111 Å². The van der Waals surface area contributed by atoms with Gasteiger partial charge in [-0.05, 0) is 52.5 Å². The maximum atomic E-state index is 5.20. The summed E-state index contributed by atoms with van der Waals surface area (Å²) in [4.78, 5) is 4.66. The Kier molecular flexibility index (Phi) is 4.60. The van der Waals surface area contributed by atoms with E-state index in [1.165, 1.54) is 32.1 Å². The summed E-state index contributed by atoms with van der Waals surface area (Å²) in [7, 11) is 1.68. The molecule has 1 aliphatic rings. The first-order chi connectivity index (χ1) is 8.29. The molecule has 0 bridgehead atoms. The molecule has 0 N–H and O–H groups in total. The standard InChI is InChI=1S/C14H18BrNO/c1-17-14-8-7-11(9-13(14)15)10-16-12-5-3-2-4-6-12/h7-10,12H,2-6H2,1H3. The van der Waals surface area contributed by atoms with E-state index in [-0.39, 0.29) is 0 Å². The highest BCUT2D eigenvalue weighted by Crippen LogP contribution is 2.25. The Balaban J connectivity index is 2.02. The third-order valence-electron chi connectivity index (χ3n) is 3.18. The molecule has 17 heavy (non-hydrogen) atoms. The third kappa shape index (κ3) is 3.56. The molecular weight excluding hydrogens is 278 g/mol. The number of nitrogens with zero attached hydrogens (tertiary/aromatic N) is 1. The van der Waals surface area contributed by atoms with Gasteiger partial charge in [0.25, 0.3) is 0 Å². The fourth-order valence-corrected chi connectivity index (χ4v) is 2.74. The zero-order chi connectivity index (χ0) is 12.1.